The molecule has 5 rings (SSSR count). The Hall–Kier alpha value is -3.59. The van der Waals surface area contributed by atoms with Gasteiger partial charge in [0.05, 0.1) is 30.6 Å². The van der Waals surface area contributed by atoms with Crippen LogP contribution in [0, 0.1) is 13.8 Å². The van der Waals surface area contributed by atoms with Gasteiger partial charge in [-0.15, -0.1) is 0 Å². The van der Waals surface area contributed by atoms with Crippen molar-refractivity contribution in [1.29, 1.82) is 0 Å². The van der Waals surface area contributed by atoms with Crippen molar-refractivity contribution in [2.45, 2.75) is 25.9 Å². The highest BCUT2D eigenvalue weighted by Crippen LogP contribution is 2.24. The largest absolute Gasteiger partial charge is 0.377 e. The number of aryl methyl sites for hydroxylation is 2. The molecule has 0 aliphatic carbocycles. The van der Waals surface area contributed by atoms with E-state index < -0.39 is 0 Å². The van der Waals surface area contributed by atoms with Crippen molar-refractivity contribution in [3.05, 3.63) is 70.5 Å². The lowest BCUT2D eigenvalue weighted by Crippen LogP contribution is -2.37. The zero-order chi connectivity index (χ0) is 20.7. The number of pyridine rings is 1. The van der Waals surface area contributed by atoms with Crippen LogP contribution < -0.4 is 10.9 Å². The molecule has 4 aromatic heterocycles. The molecule has 1 aliphatic rings. The molecule has 5 heterocycles. The molecule has 1 N–H and O–H groups in total. The van der Waals surface area contributed by atoms with Crippen LogP contribution in [0.1, 0.15) is 17.4 Å². The van der Waals surface area contributed by atoms with E-state index in [0.717, 1.165) is 28.4 Å². The normalized spacial score (nSPS) is 18.7. The first kappa shape index (κ1) is 18.4. The molecular weight excluding hydrogens is 382 g/mol. The van der Waals surface area contributed by atoms with E-state index in [1.807, 2.05) is 38.1 Å². The van der Waals surface area contributed by atoms with E-state index in [1.54, 1.807) is 23.0 Å². The first-order chi connectivity index (χ1) is 14.6. The summed E-state index contributed by atoms with van der Waals surface area (Å²) in [7, 11) is 0. The average Bonchev–Trinajstić information content (AvgIpc) is 3.35. The minimum Gasteiger partial charge on any atom is -0.377 e. The molecule has 0 saturated carbocycles. The number of nitrogens with one attached hydrogen (secondary N) is 1. The minimum atomic E-state index is -0.255. The third-order valence-electron chi connectivity index (χ3n) is 5.16. The molecule has 152 valence electrons. The zero-order valence-electron chi connectivity index (χ0n) is 16.7. The van der Waals surface area contributed by atoms with Crippen molar-refractivity contribution >= 4 is 11.5 Å². The molecule has 0 amide bonds. The third-order valence-corrected chi connectivity index (χ3v) is 5.16. The molecule has 0 spiro atoms. The number of hydrogen-bond acceptors (Lipinski definition) is 7. The summed E-state index contributed by atoms with van der Waals surface area (Å²) in [6, 6.07) is 10.5. The maximum atomic E-state index is 12.6. The molecule has 0 radical (unpaired) electrons. The molecule has 1 aliphatic heterocycles. The van der Waals surface area contributed by atoms with Gasteiger partial charge in [0.25, 0.3) is 5.56 Å². The van der Waals surface area contributed by atoms with E-state index in [0.29, 0.717) is 18.9 Å². The van der Waals surface area contributed by atoms with Gasteiger partial charge in [-0.2, -0.15) is 14.7 Å². The van der Waals surface area contributed by atoms with E-state index in [2.05, 4.69) is 25.5 Å². The third kappa shape index (κ3) is 3.33. The molecule has 2 unspecified atom stereocenters. The molecule has 9 heteroatoms. The van der Waals surface area contributed by atoms with E-state index >= 15 is 0 Å². The van der Waals surface area contributed by atoms with E-state index in [9.17, 15) is 4.79 Å². The van der Waals surface area contributed by atoms with Gasteiger partial charge in [-0.25, -0.2) is 9.67 Å². The van der Waals surface area contributed by atoms with Crippen LogP contribution in [0.4, 0.5) is 5.82 Å². The number of nitrogens with zero attached hydrogens (tertiary/aromatic N) is 6. The van der Waals surface area contributed by atoms with Crippen LogP contribution in [0.15, 0.2) is 53.6 Å². The van der Waals surface area contributed by atoms with Crippen LogP contribution >= 0.6 is 0 Å². The van der Waals surface area contributed by atoms with Crippen molar-refractivity contribution in [1.82, 2.24) is 29.4 Å². The number of aromatic nitrogens is 6. The number of anilines is 1. The summed E-state index contributed by atoms with van der Waals surface area (Å²) in [4.78, 5) is 21.3. The van der Waals surface area contributed by atoms with Crippen molar-refractivity contribution in [3.8, 4) is 11.3 Å². The Morgan fingerprint density at radius 3 is 2.83 bits per heavy atom. The van der Waals surface area contributed by atoms with Crippen molar-refractivity contribution < 1.29 is 4.74 Å². The van der Waals surface area contributed by atoms with Gasteiger partial charge in [0.2, 0.25) is 0 Å². The standard InChI is InChI=1S/C21H21N7O2/c1-13-8-20(28-19(23-13)9-14(2)25-28)24-17-11-30-12-18(17)27-21(29)6-5-16(26-27)15-4-3-7-22-10-15/h3-10,17-18,24H,11-12H2,1-2H3. The topological polar surface area (TPSA) is 99.2 Å². The highest BCUT2D eigenvalue weighted by Gasteiger charge is 2.32. The summed E-state index contributed by atoms with van der Waals surface area (Å²) in [5, 5.41) is 12.6. The molecule has 1 fully saturated rings. The van der Waals surface area contributed by atoms with Crippen molar-refractivity contribution in [2.75, 3.05) is 18.5 Å². The fourth-order valence-electron chi connectivity index (χ4n) is 3.76. The van der Waals surface area contributed by atoms with Gasteiger partial charge in [-0.05, 0) is 32.0 Å². The van der Waals surface area contributed by atoms with E-state index in [4.69, 9.17) is 4.74 Å². The smallest absolute Gasteiger partial charge is 0.267 e. The van der Waals surface area contributed by atoms with Crippen molar-refractivity contribution in [2.24, 2.45) is 0 Å². The van der Waals surface area contributed by atoms with Gasteiger partial charge in [0, 0.05) is 41.9 Å². The lowest BCUT2D eigenvalue weighted by molar-refractivity contribution is 0.183. The van der Waals surface area contributed by atoms with Crippen LogP contribution in [-0.4, -0.2) is 48.6 Å². The van der Waals surface area contributed by atoms with Gasteiger partial charge in [-0.1, -0.05) is 0 Å². The van der Waals surface area contributed by atoms with Gasteiger partial charge in [0.1, 0.15) is 11.9 Å². The van der Waals surface area contributed by atoms with E-state index in [1.165, 1.54) is 10.7 Å². The summed E-state index contributed by atoms with van der Waals surface area (Å²) in [6.07, 6.45) is 3.44. The van der Waals surface area contributed by atoms with Crippen LogP contribution in [0.5, 0.6) is 0 Å². The number of rotatable bonds is 4. The highest BCUT2D eigenvalue weighted by atomic mass is 16.5. The van der Waals surface area contributed by atoms with Gasteiger partial charge in [-0.3, -0.25) is 9.78 Å². The Bertz CT molecular complexity index is 1270. The summed E-state index contributed by atoms with van der Waals surface area (Å²) >= 11 is 0. The van der Waals surface area contributed by atoms with Gasteiger partial charge < -0.3 is 10.1 Å². The van der Waals surface area contributed by atoms with Crippen LogP contribution in [-0.2, 0) is 4.74 Å². The SMILES string of the molecule is Cc1cc(NC2COCC2n2nc(-c3cccnc3)ccc2=O)n2nc(C)cc2n1. The molecule has 2 atom stereocenters. The summed E-state index contributed by atoms with van der Waals surface area (Å²) < 4.78 is 9.01. The first-order valence-corrected chi connectivity index (χ1v) is 9.77. The Balaban J connectivity index is 1.50. The Morgan fingerprint density at radius 2 is 2.00 bits per heavy atom. The number of ether oxygens (including phenoxy) is 1. The molecule has 4 aromatic rings. The lowest BCUT2D eigenvalue weighted by Gasteiger charge is -2.22. The summed E-state index contributed by atoms with van der Waals surface area (Å²) in [5.41, 5.74) is 3.92. The highest BCUT2D eigenvalue weighted by molar-refractivity contribution is 5.56. The monoisotopic (exact) mass is 403 g/mol. The van der Waals surface area contributed by atoms with Crippen molar-refractivity contribution in [3.63, 3.8) is 0 Å². The van der Waals surface area contributed by atoms with Gasteiger partial charge in [0.15, 0.2) is 5.65 Å². The predicted octanol–water partition coefficient (Wildman–Crippen LogP) is 2.02. The second-order valence-corrected chi connectivity index (χ2v) is 7.44. The maximum Gasteiger partial charge on any atom is 0.267 e. The molecule has 30 heavy (non-hydrogen) atoms. The molecule has 0 aromatic carbocycles. The Morgan fingerprint density at radius 1 is 1.10 bits per heavy atom. The van der Waals surface area contributed by atoms with Crippen LogP contribution in [0.25, 0.3) is 16.9 Å². The zero-order valence-corrected chi connectivity index (χ0v) is 16.7. The summed E-state index contributed by atoms with van der Waals surface area (Å²) in [5.74, 6) is 0.808. The van der Waals surface area contributed by atoms with Crippen LogP contribution in [0.3, 0.4) is 0 Å². The fraction of sp³-hybridized carbons (Fsp3) is 0.286. The second-order valence-electron chi connectivity index (χ2n) is 7.44. The lowest BCUT2D eigenvalue weighted by atomic mass is 10.1. The average molecular weight is 403 g/mol. The Kier molecular flexibility index (Phi) is 4.51. The Labute approximate surface area is 172 Å². The van der Waals surface area contributed by atoms with Gasteiger partial charge >= 0.3 is 0 Å². The molecule has 9 nitrogen and oxygen atoms in total. The summed E-state index contributed by atoms with van der Waals surface area (Å²) in [6.45, 7) is 4.73. The molecule has 0 bridgehead atoms. The molecular formula is C21H21N7O2. The fourth-order valence-corrected chi connectivity index (χ4v) is 3.76. The van der Waals surface area contributed by atoms with E-state index in [-0.39, 0.29) is 17.6 Å². The maximum absolute atomic E-state index is 12.6. The molecule has 1 saturated heterocycles. The number of hydrogen-bond donors (Lipinski definition) is 1. The first-order valence-electron chi connectivity index (χ1n) is 9.77. The van der Waals surface area contributed by atoms with Crippen LogP contribution in [0.2, 0.25) is 0 Å². The second kappa shape index (κ2) is 7.34. The quantitative estimate of drug-likeness (QED) is 0.556. The predicted molar refractivity (Wildman–Crippen MR) is 111 cm³/mol. The minimum absolute atomic E-state index is 0.145. The number of fused-ring (bicyclic) bond motifs is 1.